The van der Waals surface area contributed by atoms with Gasteiger partial charge in [-0.05, 0) is 62.2 Å². The van der Waals surface area contributed by atoms with Gasteiger partial charge < -0.3 is 24.1 Å². The molecule has 0 saturated heterocycles. The van der Waals surface area contributed by atoms with E-state index in [1.54, 1.807) is 44.2 Å². The summed E-state index contributed by atoms with van der Waals surface area (Å²) in [6, 6.07) is 9.47. The fourth-order valence-corrected chi connectivity index (χ4v) is 5.28. The summed E-state index contributed by atoms with van der Waals surface area (Å²) in [5.41, 5.74) is 1.82. The normalized spacial score (nSPS) is 16.5. The first-order valence-corrected chi connectivity index (χ1v) is 12.3. The number of phenols is 1. The van der Waals surface area contributed by atoms with Crippen molar-refractivity contribution in [2.75, 3.05) is 20.0 Å². The van der Waals surface area contributed by atoms with Crippen molar-refractivity contribution in [1.29, 1.82) is 0 Å². The molecule has 2 aromatic carbocycles. The second kappa shape index (κ2) is 9.54. The van der Waals surface area contributed by atoms with Crippen LogP contribution in [0.1, 0.15) is 37.9 Å². The van der Waals surface area contributed by atoms with Crippen molar-refractivity contribution in [1.82, 2.24) is 4.57 Å². The van der Waals surface area contributed by atoms with Crippen molar-refractivity contribution in [3.63, 3.8) is 0 Å². The molecule has 1 N–H and O–H groups in total. The Morgan fingerprint density at radius 3 is 2.78 bits per heavy atom. The minimum atomic E-state index is -0.754. The molecule has 1 unspecified atom stereocenters. The summed E-state index contributed by atoms with van der Waals surface area (Å²) in [4.78, 5) is 31.8. The Kier molecular flexibility index (Phi) is 6.27. The van der Waals surface area contributed by atoms with Gasteiger partial charge in [0.2, 0.25) is 6.79 Å². The molecule has 1 atom stereocenters. The number of aromatic nitrogens is 1. The predicted molar refractivity (Wildman–Crippen MR) is 132 cm³/mol. The fourth-order valence-electron chi connectivity index (χ4n) is 4.23. The Labute approximate surface area is 210 Å². The van der Waals surface area contributed by atoms with Crippen molar-refractivity contribution in [2.45, 2.75) is 26.8 Å². The molecule has 9 nitrogen and oxygen atoms in total. The summed E-state index contributed by atoms with van der Waals surface area (Å²) in [6.07, 6.45) is 1.71. The van der Waals surface area contributed by atoms with Crippen LogP contribution in [0.5, 0.6) is 23.0 Å². The van der Waals surface area contributed by atoms with Gasteiger partial charge in [0, 0.05) is 0 Å². The van der Waals surface area contributed by atoms with Crippen LogP contribution in [-0.2, 0) is 9.53 Å². The number of phenolic OH excluding ortho intramolecular Hbond substituents is 1. The second-order valence-corrected chi connectivity index (χ2v) is 9.08. The monoisotopic (exact) mass is 508 g/mol. The van der Waals surface area contributed by atoms with Crippen LogP contribution >= 0.6 is 11.3 Å². The zero-order chi connectivity index (χ0) is 25.4. The van der Waals surface area contributed by atoms with Crippen molar-refractivity contribution in [2.24, 2.45) is 4.99 Å². The van der Waals surface area contributed by atoms with Gasteiger partial charge in [-0.15, -0.1) is 0 Å². The number of hydrogen-bond donors (Lipinski definition) is 1. The molecule has 3 aromatic rings. The van der Waals surface area contributed by atoms with Gasteiger partial charge in [-0.2, -0.15) is 0 Å². The molecule has 0 radical (unpaired) electrons. The van der Waals surface area contributed by atoms with Gasteiger partial charge >= 0.3 is 5.97 Å². The Hall–Kier alpha value is -4.05. The van der Waals surface area contributed by atoms with E-state index in [0.717, 1.165) is 0 Å². The van der Waals surface area contributed by atoms with Crippen LogP contribution in [0, 0.1) is 0 Å². The highest BCUT2D eigenvalue weighted by molar-refractivity contribution is 7.07. The van der Waals surface area contributed by atoms with E-state index in [-0.39, 0.29) is 30.3 Å². The maximum atomic E-state index is 13.7. The summed E-state index contributed by atoms with van der Waals surface area (Å²) in [6.45, 7) is 5.98. The summed E-state index contributed by atoms with van der Waals surface area (Å²) in [7, 11) is 0. The quantitative estimate of drug-likeness (QED) is 0.510. The SMILES string of the molecule is CCOC(=O)C1=C(C)N=c2s/c(=C/c3ccc(O)c(OCC)c3)c(=O)n2C1c1ccc2c(c1)OCO2. The van der Waals surface area contributed by atoms with E-state index in [0.29, 0.717) is 50.0 Å². The highest BCUT2D eigenvalue weighted by atomic mass is 32.1. The third-order valence-corrected chi connectivity index (χ3v) is 6.79. The van der Waals surface area contributed by atoms with Crippen LogP contribution in [0.2, 0.25) is 0 Å². The number of hydrogen-bond acceptors (Lipinski definition) is 9. The predicted octanol–water partition coefficient (Wildman–Crippen LogP) is 2.63. The lowest BCUT2D eigenvalue weighted by Crippen LogP contribution is -2.39. The number of rotatable bonds is 6. The van der Waals surface area contributed by atoms with E-state index in [2.05, 4.69) is 4.99 Å². The molecule has 3 heterocycles. The molecule has 2 aliphatic heterocycles. The van der Waals surface area contributed by atoms with Crippen molar-refractivity contribution in [3.05, 3.63) is 78.5 Å². The molecule has 0 saturated carbocycles. The Balaban J connectivity index is 1.69. The number of aromatic hydroxyl groups is 1. The zero-order valence-electron chi connectivity index (χ0n) is 19.9. The van der Waals surface area contributed by atoms with Crippen LogP contribution in [0.3, 0.4) is 0 Å². The lowest BCUT2D eigenvalue weighted by atomic mass is 9.95. The first-order valence-electron chi connectivity index (χ1n) is 11.5. The lowest BCUT2D eigenvalue weighted by molar-refractivity contribution is -0.139. The first kappa shape index (κ1) is 23.7. The standard InChI is InChI=1S/C26H24N2O7S/c1-4-32-19-10-15(6-8-17(19)29)11-21-24(30)28-23(16-7-9-18-20(12-16)35-13-34-18)22(25(31)33-5-2)14(3)27-26(28)36-21/h6-12,23,29H,4-5,13H2,1-3H3/b21-11+. The van der Waals surface area contributed by atoms with Crippen LogP contribution in [-0.4, -0.2) is 35.6 Å². The van der Waals surface area contributed by atoms with E-state index in [1.807, 2.05) is 13.0 Å². The van der Waals surface area contributed by atoms with E-state index in [9.17, 15) is 14.7 Å². The number of esters is 1. The largest absolute Gasteiger partial charge is 0.504 e. The Bertz CT molecular complexity index is 1570. The Morgan fingerprint density at radius 1 is 1.19 bits per heavy atom. The summed E-state index contributed by atoms with van der Waals surface area (Å²) in [5, 5.41) is 10.0. The molecular formula is C26H24N2O7S. The van der Waals surface area contributed by atoms with E-state index in [4.69, 9.17) is 18.9 Å². The average molecular weight is 509 g/mol. The van der Waals surface area contributed by atoms with Gasteiger partial charge in [0.15, 0.2) is 27.8 Å². The van der Waals surface area contributed by atoms with Crippen LogP contribution in [0.4, 0.5) is 0 Å². The third-order valence-electron chi connectivity index (χ3n) is 5.81. The molecule has 5 rings (SSSR count). The molecule has 0 aliphatic carbocycles. The van der Waals surface area contributed by atoms with E-state index in [1.165, 1.54) is 22.0 Å². The average Bonchev–Trinajstić information content (AvgIpc) is 3.44. The second-order valence-electron chi connectivity index (χ2n) is 8.08. The van der Waals surface area contributed by atoms with Gasteiger partial charge in [0.05, 0.1) is 35.1 Å². The maximum absolute atomic E-state index is 13.7. The van der Waals surface area contributed by atoms with E-state index < -0.39 is 12.0 Å². The Morgan fingerprint density at radius 2 is 2.00 bits per heavy atom. The highest BCUT2D eigenvalue weighted by Gasteiger charge is 2.34. The third kappa shape index (κ3) is 4.13. The summed E-state index contributed by atoms with van der Waals surface area (Å²) >= 11 is 1.22. The van der Waals surface area contributed by atoms with Crippen molar-refractivity contribution < 1.29 is 28.8 Å². The van der Waals surface area contributed by atoms with Gasteiger partial charge in [-0.1, -0.05) is 23.5 Å². The number of benzene rings is 2. The number of allylic oxidation sites excluding steroid dienone is 1. The van der Waals surface area contributed by atoms with Crippen LogP contribution in [0.15, 0.2) is 57.5 Å². The molecule has 0 fully saturated rings. The number of nitrogens with zero attached hydrogens (tertiary/aromatic N) is 2. The fraction of sp³-hybridized carbons (Fsp3) is 0.269. The maximum Gasteiger partial charge on any atom is 0.338 e. The summed E-state index contributed by atoms with van der Waals surface area (Å²) in [5.74, 6) is 0.961. The van der Waals surface area contributed by atoms with Crippen LogP contribution < -0.4 is 29.1 Å². The molecule has 0 amide bonds. The zero-order valence-corrected chi connectivity index (χ0v) is 20.8. The molecule has 2 aliphatic rings. The lowest BCUT2D eigenvalue weighted by Gasteiger charge is -2.24. The number of carbonyl (C=O) groups excluding carboxylic acids is 1. The molecule has 36 heavy (non-hydrogen) atoms. The van der Waals surface area contributed by atoms with Crippen LogP contribution in [0.25, 0.3) is 6.08 Å². The smallest absolute Gasteiger partial charge is 0.338 e. The molecule has 186 valence electrons. The van der Waals surface area contributed by atoms with Crippen molar-refractivity contribution in [3.8, 4) is 23.0 Å². The topological polar surface area (TPSA) is 109 Å². The minimum absolute atomic E-state index is 0.0213. The van der Waals surface area contributed by atoms with Crippen molar-refractivity contribution >= 4 is 23.4 Å². The van der Waals surface area contributed by atoms with Gasteiger partial charge in [-0.3, -0.25) is 9.36 Å². The summed E-state index contributed by atoms with van der Waals surface area (Å²) < 4.78 is 23.7. The number of fused-ring (bicyclic) bond motifs is 2. The highest BCUT2D eigenvalue weighted by Crippen LogP contribution is 2.38. The molecule has 0 spiro atoms. The van der Waals surface area contributed by atoms with E-state index >= 15 is 0 Å². The van der Waals surface area contributed by atoms with Gasteiger partial charge in [-0.25, -0.2) is 9.79 Å². The van der Waals surface area contributed by atoms with Gasteiger partial charge in [0.1, 0.15) is 0 Å². The van der Waals surface area contributed by atoms with Gasteiger partial charge in [0.25, 0.3) is 5.56 Å². The molecule has 0 bridgehead atoms. The number of carbonyl (C=O) groups is 1. The minimum Gasteiger partial charge on any atom is -0.504 e. The molecule has 10 heteroatoms. The number of thiazole rings is 1. The number of ether oxygens (including phenoxy) is 4. The molecule has 1 aromatic heterocycles. The molecular weight excluding hydrogens is 484 g/mol. The first-order chi connectivity index (χ1) is 17.4.